The minimum atomic E-state index is -0.458. The molecule has 0 bridgehead atoms. The lowest BCUT2D eigenvalue weighted by Crippen LogP contribution is -2.45. The van der Waals surface area contributed by atoms with Crippen LogP contribution in [-0.4, -0.2) is 44.3 Å². The first-order chi connectivity index (χ1) is 13.0. The molecule has 6 heteroatoms. The van der Waals surface area contributed by atoms with Crippen LogP contribution in [0.3, 0.4) is 0 Å². The molecule has 27 heavy (non-hydrogen) atoms. The van der Waals surface area contributed by atoms with E-state index in [0.29, 0.717) is 11.9 Å². The Labute approximate surface area is 163 Å². The second kappa shape index (κ2) is 8.48. The van der Waals surface area contributed by atoms with Crippen molar-refractivity contribution in [3.8, 4) is 5.75 Å². The topological polar surface area (TPSA) is 56.8 Å². The molecule has 0 spiro atoms. The number of fused-ring (bicyclic) bond motifs is 3. The number of nitrogens with one attached hydrogen (secondary N) is 2. The van der Waals surface area contributed by atoms with Gasteiger partial charge in [0.25, 0.3) is 0 Å². The van der Waals surface area contributed by atoms with E-state index in [1.54, 1.807) is 0 Å². The van der Waals surface area contributed by atoms with Crippen molar-refractivity contribution in [1.82, 2.24) is 15.8 Å². The van der Waals surface area contributed by atoms with Gasteiger partial charge in [0.2, 0.25) is 0 Å². The van der Waals surface area contributed by atoms with Crippen LogP contribution in [0.1, 0.15) is 57.9 Å². The molecule has 2 aliphatic rings. The van der Waals surface area contributed by atoms with E-state index in [-0.39, 0.29) is 5.41 Å². The number of unbranched alkanes of at least 4 members (excludes halogenated alkanes) is 4. The zero-order chi connectivity index (χ0) is 19.4. The van der Waals surface area contributed by atoms with Crippen molar-refractivity contribution < 1.29 is 9.53 Å². The van der Waals surface area contributed by atoms with Gasteiger partial charge in [-0.05, 0) is 43.7 Å². The van der Waals surface area contributed by atoms with E-state index in [2.05, 4.69) is 54.7 Å². The summed E-state index contributed by atoms with van der Waals surface area (Å²) in [5.41, 5.74) is 8.16. The summed E-state index contributed by atoms with van der Waals surface area (Å²) in [4.78, 5) is 16.8. The Bertz CT molecular complexity index is 666. The number of rotatable bonds is 8. The Morgan fingerprint density at radius 1 is 1.26 bits per heavy atom. The molecule has 0 saturated carbocycles. The lowest BCUT2D eigenvalue weighted by molar-refractivity contribution is 0.195. The van der Waals surface area contributed by atoms with Crippen molar-refractivity contribution in [2.75, 3.05) is 32.1 Å². The number of hydrogen-bond acceptors (Lipinski definition) is 5. The van der Waals surface area contributed by atoms with Gasteiger partial charge in [-0.25, -0.2) is 10.2 Å². The molecule has 3 rings (SSSR count). The Kier molecular flexibility index (Phi) is 6.27. The summed E-state index contributed by atoms with van der Waals surface area (Å²) in [5.74, 6) is 0.598. The van der Waals surface area contributed by atoms with Crippen LogP contribution in [-0.2, 0) is 5.41 Å². The SMILES string of the molecule is CCCCCCCNNC(=O)Oc1ccc2c(c1)[C@]1(C)CCN(C)C1N2C. The number of likely N-dealkylation sites (tertiary alicyclic amines) is 1. The molecule has 2 N–H and O–H groups in total. The second-order valence-electron chi connectivity index (χ2n) is 8.17. The lowest BCUT2D eigenvalue weighted by Gasteiger charge is -2.32. The predicted molar refractivity (Wildman–Crippen MR) is 109 cm³/mol. The third kappa shape index (κ3) is 4.06. The normalized spacial score (nSPS) is 24.0. The molecule has 0 aliphatic carbocycles. The first-order valence-corrected chi connectivity index (χ1v) is 10.3. The first kappa shape index (κ1) is 20.0. The fourth-order valence-electron chi connectivity index (χ4n) is 4.70. The molecule has 1 aromatic carbocycles. The quantitative estimate of drug-likeness (QED) is 0.538. The maximum atomic E-state index is 12.1. The molecular weight excluding hydrogens is 340 g/mol. The fourth-order valence-corrected chi connectivity index (χ4v) is 4.70. The summed E-state index contributed by atoms with van der Waals surface area (Å²) in [6.45, 7) is 6.37. The molecule has 2 heterocycles. The zero-order valence-electron chi connectivity index (χ0n) is 17.2. The van der Waals surface area contributed by atoms with Crippen LogP contribution in [0.25, 0.3) is 0 Å². The fraction of sp³-hybridized carbons (Fsp3) is 0.667. The van der Waals surface area contributed by atoms with Crippen LogP contribution in [0.4, 0.5) is 10.5 Å². The summed E-state index contributed by atoms with van der Waals surface area (Å²) in [6.07, 6.45) is 7.03. The number of hydrazine groups is 1. The van der Waals surface area contributed by atoms with Crippen LogP contribution in [0, 0.1) is 0 Å². The Morgan fingerprint density at radius 3 is 2.81 bits per heavy atom. The van der Waals surface area contributed by atoms with Crippen molar-refractivity contribution in [2.24, 2.45) is 0 Å². The molecule has 0 aromatic heterocycles. The third-order valence-electron chi connectivity index (χ3n) is 6.11. The first-order valence-electron chi connectivity index (χ1n) is 10.3. The molecule has 1 aromatic rings. The van der Waals surface area contributed by atoms with Crippen molar-refractivity contribution >= 4 is 11.8 Å². The average molecular weight is 375 g/mol. The smallest absolute Gasteiger partial charge is 0.409 e. The van der Waals surface area contributed by atoms with E-state index >= 15 is 0 Å². The van der Waals surface area contributed by atoms with Gasteiger partial charge in [-0.2, -0.15) is 0 Å². The molecule has 2 aliphatic heterocycles. The van der Waals surface area contributed by atoms with Gasteiger partial charge in [0.1, 0.15) is 5.75 Å². The van der Waals surface area contributed by atoms with Crippen molar-refractivity contribution in [2.45, 2.75) is 64.0 Å². The molecule has 1 fully saturated rings. The molecule has 2 atom stereocenters. The van der Waals surface area contributed by atoms with E-state index < -0.39 is 6.09 Å². The molecule has 1 unspecified atom stereocenters. The number of likely N-dealkylation sites (N-methyl/N-ethyl adjacent to an activating group) is 2. The van der Waals surface area contributed by atoms with Gasteiger partial charge < -0.3 is 9.64 Å². The minimum Gasteiger partial charge on any atom is -0.409 e. The van der Waals surface area contributed by atoms with E-state index in [4.69, 9.17) is 4.74 Å². The van der Waals surface area contributed by atoms with Crippen LogP contribution in [0.2, 0.25) is 0 Å². The van der Waals surface area contributed by atoms with Crippen molar-refractivity contribution in [1.29, 1.82) is 0 Å². The standard InChI is InChI=1S/C21H34N4O2/c1-5-6-7-8-9-13-22-23-20(26)27-16-10-11-18-17(15-16)21(2)12-14-24(3)19(21)25(18)4/h10-11,15,19,22H,5-9,12-14H2,1-4H3,(H,23,26)/t19?,21-/m0/s1. The highest BCUT2D eigenvalue weighted by Crippen LogP contribution is 2.51. The van der Waals surface area contributed by atoms with Gasteiger partial charge in [-0.1, -0.05) is 39.5 Å². The molecule has 0 radical (unpaired) electrons. The summed E-state index contributed by atoms with van der Waals surface area (Å²) < 4.78 is 5.50. The van der Waals surface area contributed by atoms with E-state index in [1.165, 1.54) is 36.9 Å². The highest BCUT2D eigenvalue weighted by Gasteiger charge is 2.52. The number of amides is 1. The minimum absolute atomic E-state index is 0.0748. The van der Waals surface area contributed by atoms with Gasteiger partial charge in [0.05, 0.1) is 6.17 Å². The average Bonchev–Trinajstić information content (AvgIpc) is 3.06. The third-order valence-corrected chi connectivity index (χ3v) is 6.11. The lowest BCUT2D eigenvalue weighted by atomic mass is 9.81. The van der Waals surface area contributed by atoms with Gasteiger partial charge in [0, 0.05) is 31.2 Å². The summed E-state index contributed by atoms with van der Waals surface area (Å²) in [7, 11) is 4.32. The Morgan fingerprint density at radius 2 is 2.04 bits per heavy atom. The van der Waals surface area contributed by atoms with Crippen LogP contribution < -0.4 is 20.5 Å². The number of ether oxygens (including phenoxy) is 1. The summed E-state index contributed by atoms with van der Waals surface area (Å²) >= 11 is 0. The van der Waals surface area contributed by atoms with Gasteiger partial charge in [0.15, 0.2) is 0 Å². The van der Waals surface area contributed by atoms with Gasteiger partial charge in [-0.15, -0.1) is 0 Å². The zero-order valence-corrected chi connectivity index (χ0v) is 17.2. The van der Waals surface area contributed by atoms with E-state index in [1.807, 2.05) is 12.1 Å². The summed E-state index contributed by atoms with van der Waals surface area (Å²) in [5, 5.41) is 0. The number of nitrogens with zero attached hydrogens (tertiary/aromatic N) is 2. The number of carbonyl (C=O) groups excluding carboxylic acids is 1. The highest BCUT2D eigenvalue weighted by atomic mass is 16.6. The largest absolute Gasteiger partial charge is 0.427 e. The second-order valence-corrected chi connectivity index (χ2v) is 8.17. The number of carbonyl (C=O) groups is 1. The predicted octanol–water partition coefficient (Wildman–Crippen LogP) is 3.62. The Balaban J connectivity index is 1.53. The molecule has 1 amide bonds. The number of benzene rings is 1. The van der Waals surface area contributed by atoms with Crippen LogP contribution >= 0.6 is 0 Å². The monoisotopic (exact) mass is 374 g/mol. The summed E-state index contributed by atoms with van der Waals surface area (Å²) in [6, 6.07) is 5.98. The molecule has 150 valence electrons. The molecular formula is C21H34N4O2. The van der Waals surface area contributed by atoms with Crippen LogP contribution in [0.15, 0.2) is 18.2 Å². The highest BCUT2D eigenvalue weighted by molar-refractivity contribution is 5.72. The van der Waals surface area contributed by atoms with E-state index in [0.717, 1.165) is 25.9 Å². The Hall–Kier alpha value is -1.79. The van der Waals surface area contributed by atoms with E-state index in [9.17, 15) is 4.79 Å². The molecule has 6 nitrogen and oxygen atoms in total. The maximum Gasteiger partial charge on any atom is 0.427 e. The van der Waals surface area contributed by atoms with Crippen molar-refractivity contribution in [3.05, 3.63) is 23.8 Å². The van der Waals surface area contributed by atoms with Crippen molar-refractivity contribution in [3.63, 3.8) is 0 Å². The number of hydrogen-bond donors (Lipinski definition) is 2. The molecule has 1 saturated heterocycles. The maximum absolute atomic E-state index is 12.1. The van der Waals surface area contributed by atoms with Crippen LogP contribution in [0.5, 0.6) is 5.75 Å². The van der Waals surface area contributed by atoms with Gasteiger partial charge in [-0.3, -0.25) is 10.3 Å². The number of anilines is 1. The van der Waals surface area contributed by atoms with Gasteiger partial charge >= 0.3 is 6.09 Å².